The lowest BCUT2D eigenvalue weighted by atomic mass is 9.78. The number of Topliss-reactive ketones (excluding diaryl/α,β-unsaturated/α-hetero) is 1. The summed E-state index contributed by atoms with van der Waals surface area (Å²) in [5.74, 6) is -4.93. The molecule has 3 N–H and O–H groups in total. The fraction of sp³-hybridized carbons (Fsp3) is 0.333. The summed E-state index contributed by atoms with van der Waals surface area (Å²) in [5, 5.41) is 27.2. The molecule has 0 heterocycles. The molecule has 7 heteroatoms. The van der Waals surface area contributed by atoms with Crippen molar-refractivity contribution in [2.45, 2.75) is 26.2 Å². The lowest BCUT2D eigenvalue weighted by molar-refractivity contribution is -0.165. The van der Waals surface area contributed by atoms with Gasteiger partial charge in [0, 0.05) is 12.0 Å². The highest BCUT2D eigenvalue weighted by Gasteiger charge is 2.47. The molecule has 0 fully saturated rings. The smallest absolute Gasteiger partial charge is 0.335 e. The number of carboxylic acids is 3. The number of hydrogen-bond acceptors (Lipinski definition) is 4. The van der Waals surface area contributed by atoms with E-state index >= 15 is 0 Å². The number of rotatable bonds is 8. The Morgan fingerprint density at radius 3 is 1.73 bits per heavy atom. The Morgan fingerprint density at radius 2 is 1.36 bits per heavy atom. The first-order valence-electron chi connectivity index (χ1n) is 6.58. The summed E-state index contributed by atoms with van der Waals surface area (Å²) in [6.07, 6.45) is -0.557. The molecule has 0 aliphatic carbocycles. The molecule has 0 bridgehead atoms. The number of carbonyl (C=O) groups excluding carboxylic acids is 1. The van der Waals surface area contributed by atoms with Gasteiger partial charge in [0.15, 0.2) is 11.2 Å². The highest BCUT2D eigenvalue weighted by molar-refractivity contribution is 6.06. The van der Waals surface area contributed by atoms with Crippen molar-refractivity contribution >= 4 is 23.7 Å². The fourth-order valence-corrected chi connectivity index (χ4v) is 2.15. The van der Waals surface area contributed by atoms with E-state index in [9.17, 15) is 29.4 Å². The minimum atomic E-state index is -2.17. The quantitative estimate of drug-likeness (QED) is 0.494. The highest BCUT2D eigenvalue weighted by Crippen LogP contribution is 2.31. The predicted octanol–water partition coefficient (Wildman–Crippen LogP) is 1.91. The average Bonchev–Trinajstić information content (AvgIpc) is 2.46. The molecule has 118 valence electrons. The van der Waals surface area contributed by atoms with Crippen molar-refractivity contribution in [3.05, 3.63) is 35.4 Å². The van der Waals surface area contributed by atoms with E-state index in [0.29, 0.717) is 6.42 Å². The Morgan fingerprint density at radius 1 is 0.909 bits per heavy atom. The van der Waals surface area contributed by atoms with Crippen molar-refractivity contribution in [1.29, 1.82) is 0 Å². The normalized spacial score (nSPS) is 11.0. The van der Waals surface area contributed by atoms with Crippen LogP contribution in [0, 0.1) is 5.41 Å². The number of hydrogen-bond donors (Lipinski definition) is 3. The number of aromatic carboxylic acids is 1. The first kappa shape index (κ1) is 17.4. The van der Waals surface area contributed by atoms with Crippen LogP contribution in [0.4, 0.5) is 0 Å². The van der Waals surface area contributed by atoms with Gasteiger partial charge in [-0.05, 0) is 18.6 Å². The number of carboxylic acid groups (broad SMARTS) is 3. The monoisotopic (exact) mass is 308 g/mol. The van der Waals surface area contributed by atoms with Gasteiger partial charge in [-0.3, -0.25) is 14.4 Å². The molecular formula is C15H16O7. The van der Waals surface area contributed by atoms with E-state index < -0.39 is 35.5 Å². The summed E-state index contributed by atoms with van der Waals surface area (Å²) in [5.41, 5.74) is -2.11. The fourth-order valence-electron chi connectivity index (χ4n) is 2.15. The van der Waals surface area contributed by atoms with Gasteiger partial charge in [0.1, 0.15) is 0 Å². The summed E-state index contributed by atoms with van der Waals surface area (Å²) >= 11 is 0. The third-order valence-corrected chi connectivity index (χ3v) is 3.41. The van der Waals surface area contributed by atoms with Gasteiger partial charge in [-0.25, -0.2) is 4.79 Å². The Hall–Kier alpha value is -2.70. The number of benzene rings is 1. The molecule has 0 spiro atoms. The molecule has 0 atom stereocenters. The zero-order chi connectivity index (χ0) is 16.9. The Bertz CT molecular complexity index is 587. The summed E-state index contributed by atoms with van der Waals surface area (Å²) < 4.78 is 0. The molecule has 1 aromatic rings. The van der Waals surface area contributed by atoms with Crippen molar-refractivity contribution < 1.29 is 34.5 Å². The number of ketones is 1. The average molecular weight is 308 g/mol. The Labute approximate surface area is 126 Å². The zero-order valence-electron chi connectivity index (χ0n) is 11.9. The van der Waals surface area contributed by atoms with Crippen molar-refractivity contribution in [2.75, 3.05) is 0 Å². The summed E-state index contributed by atoms with van der Waals surface area (Å²) in [4.78, 5) is 45.6. The molecule has 0 unspecified atom stereocenters. The predicted molar refractivity (Wildman–Crippen MR) is 75.0 cm³/mol. The number of carbonyl (C=O) groups is 4. The van der Waals surface area contributed by atoms with E-state index in [2.05, 4.69) is 0 Å². The lowest BCUT2D eigenvalue weighted by Gasteiger charge is -2.23. The Kier molecular flexibility index (Phi) is 5.39. The van der Waals surface area contributed by atoms with Crippen LogP contribution in [0.3, 0.4) is 0 Å². The maximum Gasteiger partial charge on any atom is 0.335 e. The van der Waals surface area contributed by atoms with Gasteiger partial charge in [0.2, 0.25) is 0 Å². The minimum absolute atomic E-state index is 0.0205. The first-order valence-corrected chi connectivity index (χ1v) is 6.58. The molecule has 0 saturated carbocycles. The van der Waals surface area contributed by atoms with Crippen LogP contribution in [-0.2, 0) is 9.59 Å². The first-order chi connectivity index (χ1) is 10.2. The summed E-state index contributed by atoms with van der Waals surface area (Å²) in [7, 11) is 0. The van der Waals surface area contributed by atoms with E-state index in [1.165, 1.54) is 24.3 Å². The van der Waals surface area contributed by atoms with Crippen LogP contribution >= 0.6 is 0 Å². The third kappa shape index (κ3) is 3.49. The standard InChI is InChI=1S/C15H16O7/c1-2-7-15(13(19)20,14(21)22)8-11(16)9-3-5-10(6-4-9)12(17)18/h3-6H,2,7-8H2,1H3,(H,17,18)(H,19,20)(H,21,22). The molecule has 22 heavy (non-hydrogen) atoms. The Balaban J connectivity index is 3.07. The molecule has 0 aliphatic rings. The van der Waals surface area contributed by atoms with Gasteiger partial charge in [-0.1, -0.05) is 25.5 Å². The molecule has 0 aliphatic heterocycles. The van der Waals surface area contributed by atoms with E-state index in [-0.39, 0.29) is 17.5 Å². The van der Waals surface area contributed by atoms with Crippen LogP contribution in [0.15, 0.2) is 24.3 Å². The topological polar surface area (TPSA) is 129 Å². The van der Waals surface area contributed by atoms with Crippen LogP contribution in [0.25, 0.3) is 0 Å². The van der Waals surface area contributed by atoms with Crippen molar-refractivity contribution in [2.24, 2.45) is 5.41 Å². The van der Waals surface area contributed by atoms with E-state index in [1.807, 2.05) is 0 Å². The number of aliphatic carboxylic acids is 2. The van der Waals surface area contributed by atoms with E-state index in [1.54, 1.807) is 6.92 Å². The largest absolute Gasteiger partial charge is 0.480 e. The SMILES string of the molecule is CCCC(CC(=O)c1ccc(C(=O)O)cc1)(C(=O)O)C(=O)O. The highest BCUT2D eigenvalue weighted by atomic mass is 16.4. The van der Waals surface area contributed by atoms with Crippen LogP contribution < -0.4 is 0 Å². The second kappa shape index (κ2) is 6.84. The van der Waals surface area contributed by atoms with Gasteiger partial charge in [-0.15, -0.1) is 0 Å². The summed E-state index contributed by atoms with van der Waals surface area (Å²) in [6.45, 7) is 1.63. The van der Waals surface area contributed by atoms with Crippen molar-refractivity contribution in [3.63, 3.8) is 0 Å². The van der Waals surface area contributed by atoms with Gasteiger partial charge in [0.25, 0.3) is 0 Å². The van der Waals surface area contributed by atoms with Crippen LogP contribution in [-0.4, -0.2) is 39.0 Å². The van der Waals surface area contributed by atoms with Crippen LogP contribution in [0.2, 0.25) is 0 Å². The maximum absolute atomic E-state index is 12.2. The van der Waals surface area contributed by atoms with Crippen molar-refractivity contribution in [3.8, 4) is 0 Å². The van der Waals surface area contributed by atoms with Crippen molar-refractivity contribution in [1.82, 2.24) is 0 Å². The molecule has 0 radical (unpaired) electrons. The van der Waals surface area contributed by atoms with Crippen LogP contribution in [0.1, 0.15) is 46.9 Å². The molecule has 0 aromatic heterocycles. The van der Waals surface area contributed by atoms with Gasteiger partial charge < -0.3 is 15.3 Å². The zero-order valence-corrected chi connectivity index (χ0v) is 11.9. The lowest BCUT2D eigenvalue weighted by Crippen LogP contribution is -2.41. The third-order valence-electron chi connectivity index (χ3n) is 3.41. The molecule has 0 amide bonds. The van der Waals surface area contributed by atoms with Crippen LogP contribution in [0.5, 0.6) is 0 Å². The molecule has 7 nitrogen and oxygen atoms in total. The second-order valence-electron chi connectivity index (χ2n) is 4.92. The molecule has 0 saturated heterocycles. The molecule has 1 rings (SSSR count). The molecule has 1 aromatic carbocycles. The van der Waals surface area contributed by atoms with Gasteiger partial charge in [0.05, 0.1) is 5.56 Å². The van der Waals surface area contributed by atoms with E-state index in [0.717, 1.165) is 0 Å². The second-order valence-corrected chi connectivity index (χ2v) is 4.92. The van der Waals surface area contributed by atoms with E-state index in [4.69, 9.17) is 5.11 Å². The minimum Gasteiger partial charge on any atom is -0.480 e. The molecular weight excluding hydrogens is 292 g/mol. The maximum atomic E-state index is 12.2. The van der Waals surface area contributed by atoms with Gasteiger partial charge in [-0.2, -0.15) is 0 Å². The summed E-state index contributed by atoms with van der Waals surface area (Å²) in [6, 6.07) is 4.90. The van der Waals surface area contributed by atoms with Gasteiger partial charge >= 0.3 is 17.9 Å².